The lowest BCUT2D eigenvalue weighted by Crippen LogP contribution is -2.42. The molecule has 1 aliphatic carbocycles. The van der Waals surface area contributed by atoms with Crippen LogP contribution in [0.4, 0.5) is 0 Å². The van der Waals surface area contributed by atoms with Crippen LogP contribution >= 0.6 is 11.6 Å². The fraction of sp³-hybridized carbons (Fsp3) is 0.769. The average Bonchev–Trinajstić information content (AvgIpc) is 2.48. The first kappa shape index (κ1) is 12.9. The van der Waals surface area contributed by atoms with Gasteiger partial charge in [0.25, 0.3) is 0 Å². The summed E-state index contributed by atoms with van der Waals surface area (Å²) in [4.78, 5) is 0. The number of aryl methyl sites for hydroxylation is 2. The Hall–Kier alpha value is -0.540. The van der Waals surface area contributed by atoms with E-state index in [2.05, 4.69) is 17.3 Å². The van der Waals surface area contributed by atoms with E-state index in [0.717, 1.165) is 30.2 Å². The van der Waals surface area contributed by atoms with Crippen molar-refractivity contribution in [3.05, 3.63) is 16.4 Å². The van der Waals surface area contributed by atoms with Gasteiger partial charge < -0.3 is 5.32 Å². The van der Waals surface area contributed by atoms with E-state index in [1.165, 1.54) is 25.0 Å². The van der Waals surface area contributed by atoms with E-state index in [1.807, 2.05) is 18.7 Å². The van der Waals surface area contributed by atoms with Crippen molar-refractivity contribution in [2.24, 2.45) is 12.5 Å². The molecule has 1 fully saturated rings. The Labute approximate surface area is 109 Å². The Morgan fingerprint density at radius 2 is 2.18 bits per heavy atom. The first-order chi connectivity index (χ1) is 8.08. The van der Waals surface area contributed by atoms with Crippen LogP contribution in [0.2, 0.25) is 5.02 Å². The highest BCUT2D eigenvalue weighted by atomic mass is 35.5. The van der Waals surface area contributed by atoms with Crippen LogP contribution in [-0.2, 0) is 13.5 Å². The van der Waals surface area contributed by atoms with Gasteiger partial charge in [0, 0.05) is 13.6 Å². The molecule has 0 unspecified atom stereocenters. The fourth-order valence-electron chi connectivity index (χ4n) is 2.71. The van der Waals surface area contributed by atoms with Crippen LogP contribution < -0.4 is 5.32 Å². The molecule has 96 valence electrons. The summed E-state index contributed by atoms with van der Waals surface area (Å²) in [6.45, 7) is 6.28. The standard InChI is InChI=1S/C13H22ClN3/c1-4-15-9-13(6-5-7-13)8-11-12(14)10(2)16-17(11)3/h15H,4-9H2,1-3H3. The molecule has 1 aliphatic rings. The Morgan fingerprint density at radius 1 is 1.47 bits per heavy atom. The maximum Gasteiger partial charge on any atom is 0.0847 e. The second-order valence-electron chi connectivity index (χ2n) is 5.28. The second-order valence-corrected chi connectivity index (χ2v) is 5.66. The van der Waals surface area contributed by atoms with E-state index in [4.69, 9.17) is 11.6 Å². The molecule has 0 aliphatic heterocycles. The van der Waals surface area contributed by atoms with E-state index in [-0.39, 0.29) is 0 Å². The maximum atomic E-state index is 6.33. The number of aromatic nitrogens is 2. The predicted molar refractivity (Wildman–Crippen MR) is 71.5 cm³/mol. The molecule has 17 heavy (non-hydrogen) atoms. The number of hydrogen-bond acceptors (Lipinski definition) is 2. The smallest absolute Gasteiger partial charge is 0.0847 e. The summed E-state index contributed by atoms with van der Waals surface area (Å²) < 4.78 is 1.95. The zero-order chi connectivity index (χ0) is 12.5. The van der Waals surface area contributed by atoms with Gasteiger partial charge in [0.15, 0.2) is 0 Å². The van der Waals surface area contributed by atoms with Gasteiger partial charge in [-0.05, 0) is 38.1 Å². The normalized spacial score (nSPS) is 18.1. The Bertz CT molecular complexity index is 394. The molecule has 2 rings (SSSR count). The van der Waals surface area contributed by atoms with Gasteiger partial charge in [0.1, 0.15) is 0 Å². The largest absolute Gasteiger partial charge is 0.316 e. The molecule has 1 N–H and O–H groups in total. The Kier molecular flexibility index (Phi) is 3.79. The number of rotatable bonds is 5. The molecule has 0 amide bonds. The van der Waals surface area contributed by atoms with Crippen LogP contribution in [0.5, 0.6) is 0 Å². The SMILES string of the molecule is CCNCC1(Cc2c(Cl)c(C)nn2C)CCC1. The van der Waals surface area contributed by atoms with Crippen molar-refractivity contribution in [1.82, 2.24) is 15.1 Å². The van der Waals surface area contributed by atoms with Crippen LogP contribution in [0, 0.1) is 12.3 Å². The number of nitrogens with zero attached hydrogens (tertiary/aromatic N) is 2. The van der Waals surface area contributed by atoms with Gasteiger partial charge in [-0.3, -0.25) is 4.68 Å². The van der Waals surface area contributed by atoms with Crippen molar-refractivity contribution in [1.29, 1.82) is 0 Å². The molecule has 4 heteroatoms. The molecule has 0 atom stereocenters. The van der Waals surface area contributed by atoms with E-state index in [0.29, 0.717) is 5.41 Å². The van der Waals surface area contributed by atoms with Crippen molar-refractivity contribution in [2.75, 3.05) is 13.1 Å². The molecule has 1 saturated carbocycles. The van der Waals surface area contributed by atoms with Crippen molar-refractivity contribution in [3.8, 4) is 0 Å². The van der Waals surface area contributed by atoms with Gasteiger partial charge in [0.2, 0.25) is 0 Å². The quantitative estimate of drug-likeness (QED) is 0.877. The lowest BCUT2D eigenvalue weighted by molar-refractivity contribution is 0.128. The summed E-state index contributed by atoms with van der Waals surface area (Å²) in [6.07, 6.45) is 5.01. The maximum absolute atomic E-state index is 6.33. The zero-order valence-electron chi connectivity index (χ0n) is 11.0. The minimum Gasteiger partial charge on any atom is -0.316 e. The lowest BCUT2D eigenvalue weighted by Gasteiger charge is -2.42. The van der Waals surface area contributed by atoms with Crippen LogP contribution in [0.15, 0.2) is 0 Å². The molecular weight excluding hydrogens is 234 g/mol. The second kappa shape index (κ2) is 4.99. The van der Waals surface area contributed by atoms with Gasteiger partial charge in [-0.25, -0.2) is 0 Å². The highest BCUT2D eigenvalue weighted by molar-refractivity contribution is 6.31. The summed E-state index contributed by atoms with van der Waals surface area (Å²) in [5.41, 5.74) is 2.56. The Morgan fingerprint density at radius 3 is 2.59 bits per heavy atom. The zero-order valence-corrected chi connectivity index (χ0v) is 11.8. The first-order valence-electron chi connectivity index (χ1n) is 6.47. The van der Waals surface area contributed by atoms with Crippen molar-refractivity contribution < 1.29 is 0 Å². The van der Waals surface area contributed by atoms with Crippen LogP contribution in [0.3, 0.4) is 0 Å². The summed E-state index contributed by atoms with van der Waals surface area (Å²) in [5.74, 6) is 0. The first-order valence-corrected chi connectivity index (χ1v) is 6.84. The van der Waals surface area contributed by atoms with Gasteiger partial charge in [-0.15, -0.1) is 0 Å². The summed E-state index contributed by atoms with van der Waals surface area (Å²) in [6, 6.07) is 0. The predicted octanol–water partition coefficient (Wildman–Crippen LogP) is 2.70. The van der Waals surface area contributed by atoms with E-state index in [9.17, 15) is 0 Å². The molecule has 1 aromatic rings. The van der Waals surface area contributed by atoms with E-state index < -0.39 is 0 Å². The van der Waals surface area contributed by atoms with Gasteiger partial charge in [0.05, 0.1) is 16.4 Å². The number of hydrogen-bond donors (Lipinski definition) is 1. The lowest BCUT2D eigenvalue weighted by atomic mass is 9.66. The van der Waals surface area contributed by atoms with Gasteiger partial charge in [-0.2, -0.15) is 5.10 Å². The molecule has 0 aromatic carbocycles. The van der Waals surface area contributed by atoms with Crippen molar-refractivity contribution in [3.63, 3.8) is 0 Å². The molecule has 0 saturated heterocycles. The molecular formula is C13H22ClN3. The molecule has 0 bridgehead atoms. The monoisotopic (exact) mass is 255 g/mol. The highest BCUT2D eigenvalue weighted by Crippen LogP contribution is 2.44. The fourth-order valence-corrected chi connectivity index (χ4v) is 2.94. The highest BCUT2D eigenvalue weighted by Gasteiger charge is 2.38. The van der Waals surface area contributed by atoms with Crippen LogP contribution in [-0.4, -0.2) is 22.9 Å². The third-order valence-electron chi connectivity index (χ3n) is 3.97. The van der Waals surface area contributed by atoms with Crippen molar-refractivity contribution in [2.45, 2.75) is 39.5 Å². The number of halogens is 1. The van der Waals surface area contributed by atoms with Crippen LogP contribution in [0.1, 0.15) is 37.6 Å². The molecule has 1 aromatic heterocycles. The molecule has 0 spiro atoms. The summed E-state index contributed by atoms with van der Waals surface area (Å²) >= 11 is 6.33. The minimum absolute atomic E-state index is 0.417. The summed E-state index contributed by atoms with van der Waals surface area (Å²) in [7, 11) is 1.99. The van der Waals surface area contributed by atoms with E-state index >= 15 is 0 Å². The van der Waals surface area contributed by atoms with Gasteiger partial charge in [-0.1, -0.05) is 24.9 Å². The van der Waals surface area contributed by atoms with Crippen LogP contribution in [0.25, 0.3) is 0 Å². The third-order valence-corrected chi connectivity index (χ3v) is 4.46. The van der Waals surface area contributed by atoms with Crippen molar-refractivity contribution >= 4 is 11.6 Å². The summed E-state index contributed by atoms with van der Waals surface area (Å²) in [5, 5.41) is 8.74. The Balaban J connectivity index is 2.12. The van der Waals surface area contributed by atoms with E-state index in [1.54, 1.807) is 0 Å². The molecule has 1 heterocycles. The topological polar surface area (TPSA) is 29.9 Å². The molecule has 3 nitrogen and oxygen atoms in total. The minimum atomic E-state index is 0.417. The average molecular weight is 256 g/mol. The molecule has 0 radical (unpaired) electrons. The van der Waals surface area contributed by atoms with Gasteiger partial charge >= 0.3 is 0 Å². The third kappa shape index (κ3) is 2.50. The number of nitrogens with one attached hydrogen (secondary N) is 1.